The third kappa shape index (κ3) is 3.59. The van der Waals surface area contributed by atoms with E-state index in [1.165, 1.54) is 19.3 Å². The van der Waals surface area contributed by atoms with E-state index in [0.29, 0.717) is 23.9 Å². The molecule has 1 aliphatic rings. The molecule has 1 saturated carbocycles. The molecule has 112 valence electrons. The average Bonchev–Trinajstić information content (AvgIpc) is 2.40. The molecule has 0 radical (unpaired) electrons. The van der Waals surface area contributed by atoms with Crippen LogP contribution < -0.4 is 10.5 Å². The lowest BCUT2D eigenvalue weighted by molar-refractivity contribution is 0.297. The predicted molar refractivity (Wildman–Crippen MR) is 80.9 cm³/mol. The van der Waals surface area contributed by atoms with E-state index < -0.39 is 10.0 Å². The number of aryl methyl sites for hydroxylation is 1. The molecule has 2 rings (SSSR count). The van der Waals surface area contributed by atoms with Crippen LogP contribution in [-0.4, -0.2) is 15.0 Å². The molecule has 1 aromatic carbocycles. The second kappa shape index (κ2) is 6.70. The van der Waals surface area contributed by atoms with Crippen molar-refractivity contribution in [2.75, 3.05) is 6.54 Å². The van der Waals surface area contributed by atoms with Gasteiger partial charge in [-0.2, -0.15) is 0 Å². The Morgan fingerprint density at radius 3 is 2.60 bits per heavy atom. The Morgan fingerprint density at radius 1 is 1.30 bits per heavy atom. The van der Waals surface area contributed by atoms with Gasteiger partial charge in [0.25, 0.3) is 0 Å². The van der Waals surface area contributed by atoms with E-state index in [1.54, 1.807) is 12.1 Å². The van der Waals surface area contributed by atoms with E-state index in [0.717, 1.165) is 24.0 Å². The highest BCUT2D eigenvalue weighted by atomic mass is 32.2. The van der Waals surface area contributed by atoms with E-state index in [9.17, 15) is 8.42 Å². The molecule has 1 aromatic rings. The fourth-order valence-corrected chi connectivity index (χ4v) is 3.66. The van der Waals surface area contributed by atoms with Crippen LogP contribution in [0, 0.1) is 5.92 Å². The summed E-state index contributed by atoms with van der Waals surface area (Å²) in [4.78, 5) is 0.323. The lowest BCUT2D eigenvalue weighted by Gasteiger charge is -2.25. The molecular formula is C15H24N2O2S. The molecule has 0 unspecified atom stereocenters. The number of benzene rings is 1. The van der Waals surface area contributed by atoms with E-state index in [-0.39, 0.29) is 0 Å². The highest BCUT2D eigenvalue weighted by molar-refractivity contribution is 7.89. The minimum absolute atomic E-state index is 0.323. The largest absolute Gasteiger partial charge is 0.326 e. The Labute approximate surface area is 121 Å². The van der Waals surface area contributed by atoms with Crippen molar-refractivity contribution < 1.29 is 8.42 Å². The van der Waals surface area contributed by atoms with E-state index in [1.807, 2.05) is 13.0 Å². The zero-order valence-corrected chi connectivity index (χ0v) is 12.9. The summed E-state index contributed by atoms with van der Waals surface area (Å²) in [7, 11) is -3.40. The van der Waals surface area contributed by atoms with Crippen molar-refractivity contribution in [2.45, 2.75) is 50.5 Å². The van der Waals surface area contributed by atoms with Crippen LogP contribution in [0.3, 0.4) is 0 Å². The molecule has 0 aromatic heterocycles. The summed E-state index contributed by atoms with van der Waals surface area (Å²) in [5, 5.41) is 0. The van der Waals surface area contributed by atoms with Crippen molar-refractivity contribution >= 4 is 10.0 Å². The van der Waals surface area contributed by atoms with Crippen molar-refractivity contribution in [3.05, 3.63) is 29.3 Å². The molecule has 0 amide bonds. The minimum Gasteiger partial charge on any atom is -0.326 e. The molecule has 20 heavy (non-hydrogen) atoms. The topological polar surface area (TPSA) is 72.2 Å². The SMILES string of the molecule is CCc1ccc(S(=O)(=O)NCCC2CCC2)cc1CN. The van der Waals surface area contributed by atoms with E-state index in [2.05, 4.69) is 4.72 Å². The first-order valence-electron chi connectivity index (χ1n) is 7.38. The number of nitrogens with two attached hydrogens (primary N) is 1. The molecule has 3 N–H and O–H groups in total. The van der Waals surface area contributed by atoms with Crippen LogP contribution in [0.25, 0.3) is 0 Å². The van der Waals surface area contributed by atoms with Gasteiger partial charge in [0.1, 0.15) is 0 Å². The molecule has 0 spiro atoms. The van der Waals surface area contributed by atoms with Crippen molar-refractivity contribution in [1.29, 1.82) is 0 Å². The lowest BCUT2D eigenvalue weighted by atomic mass is 9.83. The van der Waals surface area contributed by atoms with Gasteiger partial charge in [0.2, 0.25) is 10.0 Å². The Hall–Kier alpha value is -0.910. The van der Waals surface area contributed by atoms with Crippen LogP contribution in [0.15, 0.2) is 23.1 Å². The summed E-state index contributed by atoms with van der Waals surface area (Å²) in [6, 6.07) is 5.23. The molecule has 0 heterocycles. The van der Waals surface area contributed by atoms with Crippen molar-refractivity contribution in [3.63, 3.8) is 0 Å². The second-order valence-corrected chi connectivity index (χ2v) is 7.24. The first-order chi connectivity index (χ1) is 9.56. The smallest absolute Gasteiger partial charge is 0.240 e. The Kier molecular flexibility index (Phi) is 5.18. The number of nitrogens with one attached hydrogen (secondary N) is 1. The maximum atomic E-state index is 12.2. The summed E-state index contributed by atoms with van der Waals surface area (Å²) in [5.41, 5.74) is 7.71. The van der Waals surface area contributed by atoms with Gasteiger partial charge in [-0.15, -0.1) is 0 Å². The highest BCUT2D eigenvalue weighted by Gasteiger charge is 2.19. The van der Waals surface area contributed by atoms with Gasteiger partial charge in [-0.25, -0.2) is 13.1 Å². The predicted octanol–water partition coefficient (Wildman–Crippen LogP) is 2.18. The van der Waals surface area contributed by atoms with Gasteiger partial charge in [0.15, 0.2) is 0 Å². The third-order valence-corrected chi connectivity index (χ3v) is 5.62. The number of sulfonamides is 1. The normalized spacial score (nSPS) is 16.1. The van der Waals surface area contributed by atoms with Crippen LogP contribution in [0.4, 0.5) is 0 Å². The van der Waals surface area contributed by atoms with Gasteiger partial charge in [0, 0.05) is 13.1 Å². The number of hydrogen-bond donors (Lipinski definition) is 2. The van der Waals surface area contributed by atoms with Crippen LogP contribution >= 0.6 is 0 Å². The monoisotopic (exact) mass is 296 g/mol. The zero-order valence-electron chi connectivity index (χ0n) is 12.1. The van der Waals surface area contributed by atoms with E-state index in [4.69, 9.17) is 5.73 Å². The number of hydrogen-bond acceptors (Lipinski definition) is 3. The summed E-state index contributed by atoms with van der Waals surface area (Å²) < 4.78 is 27.2. The fraction of sp³-hybridized carbons (Fsp3) is 0.600. The Morgan fingerprint density at radius 2 is 2.05 bits per heavy atom. The second-order valence-electron chi connectivity index (χ2n) is 5.47. The van der Waals surface area contributed by atoms with Crippen LogP contribution in [0.5, 0.6) is 0 Å². The molecule has 0 saturated heterocycles. The summed E-state index contributed by atoms with van der Waals surface area (Å²) >= 11 is 0. The zero-order chi connectivity index (χ0) is 14.6. The lowest BCUT2D eigenvalue weighted by Crippen LogP contribution is -2.27. The Bertz CT molecular complexity index is 551. The van der Waals surface area contributed by atoms with Gasteiger partial charge in [-0.05, 0) is 42.0 Å². The third-order valence-electron chi connectivity index (χ3n) is 4.16. The maximum Gasteiger partial charge on any atom is 0.240 e. The van der Waals surface area contributed by atoms with E-state index >= 15 is 0 Å². The van der Waals surface area contributed by atoms with Crippen LogP contribution in [-0.2, 0) is 23.0 Å². The standard InChI is InChI=1S/C15H24N2O2S/c1-2-13-6-7-15(10-14(13)11-16)20(18,19)17-9-8-12-4-3-5-12/h6-7,10,12,17H,2-5,8-9,11,16H2,1H3. The Balaban J connectivity index is 2.03. The summed E-state index contributed by atoms with van der Waals surface area (Å²) in [6.45, 7) is 2.94. The molecule has 0 atom stereocenters. The van der Waals surface area contributed by atoms with Gasteiger partial charge in [-0.3, -0.25) is 0 Å². The molecule has 1 aliphatic carbocycles. The van der Waals surface area contributed by atoms with Crippen molar-refractivity contribution in [1.82, 2.24) is 4.72 Å². The molecule has 4 nitrogen and oxygen atoms in total. The van der Waals surface area contributed by atoms with Crippen LogP contribution in [0.1, 0.15) is 43.7 Å². The summed E-state index contributed by atoms with van der Waals surface area (Å²) in [5.74, 6) is 0.708. The molecule has 1 fully saturated rings. The van der Waals surface area contributed by atoms with Crippen molar-refractivity contribution in [3.8, 4) is 0 Å². The van der Waals surface area contributed by atoms with Gasteiger partial charge in [-0.1, -0.05) is 32.3 Å². The average molecular weight is 296 g/mol. The minimum atomic E-state index is -3.40. The summed E-state index contributed by atoms with van der Waals surface area (Å²) in [6.07, 6.45) is 5.57. The maximum absolute atomic E-state index is 12.2. The first kappa shape index (κ1) is 15.5. The molecular weight excluding hydrogens is 272 g/mol. The molecule has 0 bridgehead atoms. The molecule has 0 aliphatic heterocycles. The van der Waals surface area contributed by atoms with Gasteiger partial charge in [0.05, 0.1) is 4.90 Å². The fourth-order valence-electron chi connectivity index (χ4n) is 2.57. The quantitative estimate of drug-likeness (QED) is 0.810. The highest BCUT2D eigenvalue weighted by Crippen LogP contribution is 2.28. The van der Waals surface area contributed by atoms with Gasteiger partial charge < -0.3 is 5.73 Å². The number of rotatable bonds is 7. The molecule has 5 heteroatoms. The van der Waals surface area contributed by atoms with Crippen molar-refractivity contribution in [2.24, 2.45) is 11.7 Å². The van der Waals surface area contributed by atoms with Gasteiger partial charge >= 0.3 is 0 Å². The first-order valence-corrected chi connectivity index (χ1v) is 8.86. The van der Waals surface area contributed by atoms with Crippen LogP contribution in [0.2, 0.25) is 0 Å².